The fourth-order valence-corrected chi connectivity index (χ4v) is 3.84. The zero-order valence-corrected chi connectivity index (χ0v) is 18.4. The van der Waals surface area contributed by atoms with Gasteiger partial charge in [-0.15, -0.1) is 0 Å². The number of nitrogens with zero attached hydrogens (tertiary/aromatic N) is 3. The second-order valence-corrected chi connectivity index (χ2v) is 8.99. The number of benzene rings is 1. The molecule has 1 aromatic heterocycles. The molecule has 1 fully saturated rings. The number of imidazole rings is 1. The number of hydrogen-bond acceptors (Lipinski definition) is 5. The molecule has 0 spiro atoms. The van der Waals surface area contributed by atoms with Gasteiger partial charge in [-0.1, -0.05) is 32.9 Å². The number of ether oxygens (including phenoxy) is 1. The van der Waals surface area contributed by atoms with Crippen molar-refractivity contribution in [1.29, 1.82) is 0 Å². The van der Waals surface area contributed by atoms with E-state index in [1.807, 2.05) is 0 Å². The number of aromatic nitrogens is 2. The van der Waals surface area contributed by atoms with E-state index in [0.717, 1.165) is 17.7 Å². The van der Waals surface area contributed by atoms with Crippen LogP contribution in [-0.2, 0) is 11.3 Å². The number of morpholine rings is 1. The number of alkyl halides is 3. The lowest BCUT2D eigenvalue weighted by Crippen LogP contribution is -2.57. The SMILES string of the molecule is CC(C)(C)C(NC(=O)n1c(=O)n(CCN2CCOCC2)c2ccccc21)C(O)C(F)(F)F. The minimum absolute atomic E-state index is 0.283. The molecule has 8 nitrogen and oxygen atoms in total. The minimum atomic E-state index is -4.93. The molecular formula is C21H29F3N4O4. The number of carbonyl (C=O) groups excluding carboxylic acids is 1. The van der Waals surface area contributed by atoms with Crippen molar-refractivity contribution in [3.8, 4) is 0 Å². The summed E-state index contributed by atoms with van der Waals surface area (Å²) in [4.78, 5) is 28.3. The first-order valence-corrected chi connectivity index (χ1v) is 10.5. The molecule has 1 saturated heterocycles. The summed E-state index contributed by atoms with van der Waals surface area (Å²) in [5.41, 5.74) is -0.982. The van der Waals surface area contributed by atoms with Crippen LogP contribution in [-0.4, -0.2) is 76.3 Å². The maximum absolute atomic E-state index is 13.2. The van der Waals surface area contributed by atoms with Crippen molar-refractivity contribution in [2.45, 2.75) is 45.6 Å². The zero-order valence-electron chi connectivity index (χ0n) is 18.4. The first kappa shape index (κ1) is 24.3. The van der Waals surface area contributed by atoms with E-state index in [1.54, 1.807) is 24.3 Å². The molecule has 178 valence electrons. The molecule has 1 aliphatic heterocycles. The Morgan fingerprint density at radius 1 is 1.12 bits per heavy atom. The van der Waals surface area contributed by atoms with Crippen molar-refractivity contribution in [3.05, 3.63) is 34.7 Å². The molecule has 0 aliphatic carbocycles. The summed E-state index contributed by atoms with van der Waals surface area (Å²) in [5, 5.41) is 12.1. The predicted octanol–water partition coefficient (Wildman–Crippen LogP) is 2.03. The van der Waals surface area contributed by atoms with Gasteiger partial charge in [-0.3, -0.25) is 9.47 Å². The van der Waals surface area contributed by atoms with Crippen LogP contribution in [0.25, 0.3) is 11.0 Å². The number of carbonyl (C=O) groups is 1. The van der Waals surface area contributed by atoms with Crippen molar-refractivity contribution in [2.24, 2.45) is 5.41 Å². The number of aliphatic hydroxyl groups is 1. The van der Waals surface area contributed by atoms with Crippen molar-refractivity contribution >= 4 is 17.1 Å². The largest absolute Gasteiger partial charge is 0.416 e. The third-order valence-corrected chi connectivity index (χ3v) is 5.65. The Bertz CT molecular complexity index is 1000. The highest BCUT2D eigenvalue weighted by Gasteiger charge is 2.48. The normalized spacial score (nSPS) is 18.0. The second-order valence-electron chi connectivity index (χ2n) is 8.99. The van der Waals surface area contributed by atoms with Gasteiger partial charge in [0, 0.05) is 26.2 Å². The van der Waals surface area contributed by atoms with E-state index in [0.29, 0.717) is 31.8 Å². The lowest BCUT2D eigenvalue weighted by Gasteiger charge is -2.35. The van der Waals surface area contributed by atoms with E-state index in [1.165, 1.54) is 25.3 Å². The van der Waals surface area contributed by atoms with Gasteiger partial charge in [0.1, 0.15) is 0 Å². The third kappa shape index (κ3) is 5.16. The minimum Gasteiger partial charge on any atom is -0.382 e. The highest BCUT2D eigenvalue weighted by molar-refractivity contribution is 5.89. The molecule has 1 aliphatic rings. The van der Waals surface area contributed by atoms with Crippen LogP contribution >= 0.6 is 0 Å². The van der Waals surface area contributed by atoms with Crippen LogP contribution in [0.1, 0.15) is 20.8 Å². The molecule has 2 unspecified atom stereocenters. The molecule has 0 radical (unpaired) electrons. The number of hydrogen-bond donors (Lipinski definition) is 2. The Morgan fingerprint density at radius 2 is 1.72 bits per heavy atom. The standard InChI is InChI=1S/C21H29F3N4O4/c1-20(2,3)16(17(29)21(22,23)24)25-18(30)28-15-7-5-4-6-14(15)27(19(28)31)9-8-26-10-12-32-13-11-26/h4-7,16-17,29H,8-13H2,1-3H3,(H,25,30). The summed E-state index contributed by atoms with van der Waals surface area (Å²) < 4.78 is 47.2. The topological polar surface area (TPSA) is 88.7 Å². The maximum atomic E-state index is 13.2. The average Bonchev–Trinajstić information content (AvgIpc) is 3.00. The van der Waals surface area contributed by atoms with E-state index in [4.69, 9.17) is 4.74 Å². The van der Waals surface area contributed by atoms with Crippen molar-refractivity contribution in [2.75, 3.05) is 32.8 Å². The van der Waals surface area contributed by atoms with Crippen LogP contribution < -0.4 is 11.0 Å². The lowest BCUT2D eigenvalue weighted by atomic mass is 9.83. The zero-order chi connectivity index (χ0) is 23.7. The average molecular weight is 458 g/mol. The van der Waals surface area contributed by atoms with Gasteiger partial charge in [0.2, 0.25) is 0 Å². The summed E-state index contributed by atoms with van der Waals surface area (Å²) in [7, 11) is 0. The van der Waals surface area contributed by atoms with Gasteiger partial charge in [-0.05, 0) is 17.5 Å². The Kier molecular flexibility index (Phi) is 7.01. The molecule has 0 bridgehead atoms. The van der Waals surface area contributed by atoms with Gasteiger partial charge in [-0.2, -0.15) is 13.2 Å². The molecule has 2 heterocycles. The smallest absolute Gasteiger partial charge is 0.382 e. The van der Waals surface area contributed by atoms with Crippen molar-refractivity contribution < 1.29 is 27.8 Å². The molecule has 1 amide bonds. The van der Waals surface area contributed by atoms with Crippen LogP contribution in [0, 0.1) is 5.41 Å². The molecule has 0 saturated carbocycles. The first-order chi connectivity index (χ1) is 14.9. The molecule has 2 aromatic rings. The van der Waals surface area contributed by atoms with Crippen LogP contribution in [0.15, 0.2) is 29.1 Å². The fraction of sp³-hybridized carbons (Fsp3) is 0.619. The van der Waals surface area contributed by atoms with E-state index < -0.39 is 35.5 Å². The van der Waals surface area contributed by atoms with E-state index >= 15 is 0 Å². The predicted molar refractivity (Wildman–Crippen MR) is 113 cm³/mol. The Balaban J connectivity index is 1.92. The van der Waals surface area contributed by atoms with Gasteiger partial charge in [0.25, 0.3) is 0 Å². The highest BCUT2D eigenvalue weighted by atomic mass is 19.4. The molecule has 32 heavy (non-hydrogen) atoms. The van der Waals surface area contributed by atoms with E-state index in [9.17, 15) is 27.9 Å². The van der Waals surface area contributed by atoms with Gasteiger partial charge in [0.15, 0.2) is 6.10 Å². The summed E-state index contributed by atoms with van der Waals surface area (Å²) >= 11 is 0. The Morgan fingerprint density at radius 3 is 2.28 bits per heavy atom. The monoisotopic (exact) mass is 458 g/mol. The van der Waals surface area contributed by atoms with E-state index in [2.05, 4.69) is 10.2 Å². The number of halogens is 3. The van der Waals surface area contributed by atoms with E-state index in [-0.39, 0.29) is 5.52 Å². The molecule has 3 rings (SSSR count). The number of amides is 1. The molecule has 11 heteroatoms. The highest BCUT2D eigenvalue weighted by Crippen LogP contribution is 2.31. The fourth-order valence-electron chi connectivity index (χ4n) is 3.84. The number of nitrogens with one attached hydrogen (secondary N) is 1. The molecule has 2 N–H and O–H groups in total. The van der Waals surface area contributed by atoms with Gasteiger partial charge in [0.05, 0.1) is 30.3 Å². The van der Waals surface area contributed by atoms with Crippen LogP contribution in [0.3, 0.4) is 0 Å². The lowest BCUT2D eigenvalue weighted by molar-refractivity contribution is -0.218. The summed E-state index contributed by atoms with van der Waals surface area (Å²) in [6.07, 6.45) is -7.71. The second kappa shape index (κ2) is 9.24. The van der Waals surface area contributed by atoms with Gasteiger partial charge < -0.3 is 15.2 Å². The summed E-state index contributed by atoms with van der Waals surface area (Å²) in [6.45, 7) is 7.98. The summed E-state index contributed by atoms with van der Waals surface area (Å²) in [5.74, 6) is 0. The van der Waals surface area contributed by atoms with Crippen LogP contribution in [0.2, 0.25) is 0 Å². The number of aliphatic hydroxyl groups excluding tert-OH is 1. The third-order valence-electron chi connectivity index (χ3n) is 5.65. The summed E-state index contributed by atoms with van der Waals surface area (Å²) in [6, 6.07) is 3.95. The Labute approximate surface area is 183 Å². The molecule has 1 aromatic carbocycles. The quantitative estimate of drug-likeness (QED) is 0.716. The Hall–Kier alpha value is -2.37. The number of rotatable bonds is 5. The van der Waals surface area contributed by atoms with Crippen LogP contribution in [0.5, 0.6) is 0 Å². The van der Waals surface area contributed by atoms with Crippen LogP contribution in [0.4, 0.5) is 18.0 Å². The van der Waals surface area contributed by atoms with Gasteiger partial charge in [-0.25, -0.2) is 14.2 Å². The van der Waals surface area contributed by atoms with Crippen molar-refractivity contribution in [3.63, 3.8) is 0 Å². The molecular weight excluding hydrogens is 429 g/mol. The molecule has 2 atom stereocenters. The number of para-hydroxylation sites is 2. The number of fused-ring (bicyclic) bond motifs is 1. The maximum Gasteiger partial charge on any atom is 0.416 e. The van der Waals surface area contributed by atoms with Gasteiger partial charge >= 0.3 is 17.9 Å². The first-order valence-electron chi connectivity index (χ1n) is 10.5. The van der Waals surface area contributed by atoms with Crippen molar-refractivity contribution in [1.82, 2.24) is 19.4 Å².